The Morgan fingerprint density at radius 3 is 2.29 bits per heavy atom. The molecule has 0 unspecified atom stereocenters. The topological polar surface area (TPSA) is 0 Å². The summed E-state index contributed by atoms with van der Waals surface area (Å²) in [6.45, 7) is 9.12. The molecule has 0 aliphatic heterocycles. The number of hydrogen-bond donors (Lipinski definition) is 0. The summed E-state index contributed by atoms with van der Waals surface area (Å²) >= 11 is 0. The van der Waals surface area contributed by atoms with Gasteiger partial charge >= 0.3 is 0 Å². The molecular weight excluding hydrogens is 168 g/mol. The van der Waals surface area contributed by atoms with Gasteiger partial charge in [0.05, 0.1) is 0 Å². The van der Waals surface area contributed by atoms with Gasteiger partial charge in [-0.15, -0.1) is 0 Å². The predicted molar refractivity (Wildman–Crippen MR) is 61.9 cm³/mol. The minimum absolute atomic E-state index is 0.297. The smallest absolute Gasteiger partial charge is 0.0129 e. The van der Waals surface area contributed by atoms with Gasteiger partial charge in [0.2, 0.25) is 0 Å². The van der Waals surface area contributed by atoms with E-state index in [4.69, 9.17) is 0 Å². The highest BCUT2D eigenvalue weighted by molar-refractivity contribution is 5.40. The van der Waals surface area contributed by atoms with Crippen molar-refractivity contribution in [3.63, 3.8) is 0 Å². The molecule has 76 valence electrons. The van der Waals surface area contributed by atoms with Crippen molar-refractivity contribution in [1.29, 1.82) is 0 Å². The molecule has 0 heterocycles. The summed E-state index contributed by atoms with van der Waals surface area (Å²) in [6.07, 6.45) is 2.79. The Morgan fingerprint density at radius 1 is 1.14 bits per heavy atom. The lowest BCUT2D eigenvalue weighted by Gasteiger charge is -2.23. The second-order valence-corrected chi connectivity index (χ2v) is 5.61. The summed E-state index contributed by atoms with van der Waals surface area (Å²) in [5.41, 5.74) is 4.86. The van der Waals surface area contributed by atoms with Gasteiger partial charge in [-0.25, -0.2) is 0 Å². The van der Waals surface area contributed by atoms with Crippen LogP contribution in [0.3, 0.4) is 0 Å². The first kappa shape index (κ1) is 9.76. The second kappa shape index (κ2) is 3.12. The van der Waals surface area contributed by atoms with Crippen LogP contribution in [0.15, 0.2) is 18.2 Å². The van der Waals surface area contributed by atoms with Crippen molar-refractivity contribution in [2.45, 2.75) is 51.9 Å². The molecule has 1 aromatic rings. The van der Waals surface area contributed by atoms with E-state index >= 15 is 0 Å². The second-order valence-electron chi connectivity index (χ2n) is 5.61. The molecule has 0 saturated heterocycles. The van der Waals surface area contributed by atoms with Crippen molar-refractivity contribution < 1.29 is 0 Å². The highest BCUT2D eigenvalue weighted by Gasteiger charge is 2.29. The molecule has 0 atom stereocenters. The lowest BCUT2D eigenvalue weighted by Crippen LogP contribution is -2.14. The molecule has 0 amide bonds. The van der Waals surface area contributed by atoms with E-state index in [1.807, 2.05) is 0 Å². The summed E-state index contributed by atoms with van der Waals surface area (Å²) in [5, 5.41) is 0. The molecule has 0 spiro atoms. The first-order valence-electron chi connectivity index (χ1n) is 5.59. The third-order valence-corrected chi connectivity index (χ3v) is 3.03. The Hall–Kier alpha value is -0.780. The van der Waals surface area contributed by atoms with E-state index in [9.17, 15) is 0 Å². The fraction of sp³-hybridized carbons (Fsp3) is 0.571. The molecule has 0 nitrogen and oxygen atoms in total. The Labute approximate surface area is 87.3 Å². The van der Waals surface area contributed by atoms with Crippen molar-refractivity contribution in [3.8, 4) is 0 Å². The van der Waals surface area contributed by atoms with E-state index in [1.165, 1.54) is 18.4 Å². The standard InChI is InChI=1S/C14H20/c1-10-5-8-13(14(2,3)4)12(9-10)11-6-7-11/h5,8-9,11H,6-7H2,1-4H3. The van der Waals surface area contributed by atoms with Gasteiger partial charge in [0.1, 0.15) is 0 Å². The molecule has 1 aliphatic carbocycles. The molecule has 0 aromatic heterocycles. The van der Waals surface area contributed by atoms with Crippen LogP contribution < -0.4 is 0 Å². The van der Waals surface area contributed by atoms with Crippen LogP contribution in [0.4, 0.5) is 0 Å². The van der Waals surface area contributed by atoms with Gasteiger partial charge in [0.15, 0.2) is 0 Å². The minimum atomic E-state index is 0.297. The molecule has 1 saturated carbocycles. The van der Waals surface area contributed by atoms with Gasteiger partial charge in [0.25, 0.3) is 0 Å². The fourth-order valence-corrected chi connectivity index (χ4v) is 2.10. The molecule has 1 aliphatic rings. The molecule has 2 rings (SSSR count). The van der Waals surface area contributed by atoms with Gasteiger partial charge in [-0.1, -0.05) is 44.5 Å². The summed E-state index contributed by atoms with van der Waals surface area (Å²) in [4.78, 5) is 0. The Kier molecular flexibility index (Phi) is 2.17. The van der Waals surface area contributed by atoms with E-state index in [1.54, 1.807) is 11.1 Å². The van der Waals surface area contributed by atoms with Crippen LogP contribution in [0.2, 0.25) is 0 Å². The minimum Gasteiger partial charge on any atom is -0.0590 e. The lowest BCUT2D eigenvalue weighted by molar-refractivity contribution is 0.582. The Morgan fingerprint density at radius 2 is 1.79 bits per heavy atom. The maximum atomic E-state index is 2.39. The molecule has 14 heavy (non-hydrogen) atoms. The van der Waals surface area contributed by atoms with Gasteiger partial charge in [-0.2, -0.15) is 0 Å². The van der Waals surface area contributed by atoms with E-state index in [0.717, 1.165) is 5.92 Å². The van der Waals surface area contributed by atoms with Gasteiger partial charge in [-0.3, -0.25) is 0 Å². The number of benzene rings is 1. The maximum Gasteiger partial charge on any atom is -0.0129 e. The number of hydrogen-bond acceptors (Lipinski definition) is 0. The van der Waals surface area contributed by atoms with Gasteiger partial charge < -0.3 is 0 Å². The van der Waals surface area contributed by atoms with Crippen LogP contribution in [0.5, 0.6) is 0 Å². The van der Waals surface area contributed by atoms with Crippen molar-refractivity contribution in [3.05, 3.63) is 34.9 Å². The van der Waals surface area contributed by atoms with E-state index in [2.05, 4.69) is 45.9 Å². The van der Waals surface area contributed by atoms with E-state index < -0.39 is 0 Å². The van der Waals surface area contributed by atoms with Crippen LogP contribution >= 0.6 is 0 Å². The molecule has 0 radical (unpaired) electrons. The molecule has 0 bridgehead atoms. The third-order valence-electron chi connectivity index (χ3n) is 3.03. The van der Waals surface area contributed by atoms with Crippen LogP contribution in [0.1, 0.15) is 56.2 Å². The van der Waals surface area contributed by atoms with Crippen molar-refractivity contribution in [2.24, 2.45) is 0 Å². The monoisotopic (exact) mass is 188 g/mol. The Balaban J connectivity index is 2.47. The lowest BCUT2D eigenvalue weighted by atomic mass is 9.82. The molecule has 0 heteroatoms. The highest BCUT2D eigenvalue weighted by atomic mass is 14.3. The van der Waals surface area contributed by atoms with Gasteiger partial charge in [-0.05, 0) is 42.2 Å². The average Bonchev–Trinajstić information content (AvgIpc) is 2.83. The zero-order valence-corrected chi connectivity index (χ0v) is 9.72. The van der Waals surface area contributed by atoms with E-state index in [0.29, 0.717) is 5.41 Å². The summed E-state index contributed by atoms with van der Waals surface area (Å²) in [7, 11) is 0. The van der Waals surface area contributed by atoms with Gasteiger partial charge in [0, 0.05) is 0 Å². The zero-order chi connectivity index (χ0) is 10.3. The first-order valence-corrected chi connectivity index (χ1v) is 5.59. The van der Waals surface area contributed by atoms with Crippen LogP contribution in [-0.4, -0.2) is 0 Å². The summed E-state index contributed by atoms with van der Waals surface area (Å²) in [5.74, 6) is 0.865. The number of rotatable bonds is 1. The summed E-state index contributed by atoms with van der Waals surface area (Å²) < 4.78 is 0. The average molecular weight is 188 g/mol. The van der Waals surface area contributed by atoms with Crippen molar-refractivity contribution in [1.82, 2.24) is 0 Å². The fourth-order valence-electron chi connectivity index (χ4n) is 2.10. The van der Waals surface area contributed by atoms with Crippen LogP contribution in [-0.2, 0) is 5.41 Å². The largest absolute Gasteiger partial charge is 0.0590 e. The first-order chi connectivity index (χ1) is 6.48. The Bertz CT molecular complexity index is 338. The van der Waals surface area contributed by atoms with Crippen molar-refractivity contribution >= 4 is 0 Å². The van der Waals surface area contributed by atoms with Crippen molar-refractivity contribution in [2.75, 3.05) is 0 Å². The zero-order valence-electron chi connectivity index (χ0n) is 9.72. The molecular formula is C14H20. The summed E-state index contributed by atoms with van der Waals surface area (Å²) in [6, 6.07) is 6.95. The normalized spacial score (nSPS) is 17.1. The van der Waals surface area contributed by atoms with Crippen LogP contribution in [0.25, 0.3) is 0 Å². The molecule has 1 aromatic carbocycles. The quantitative estimate of drug-likeness (QED) is 0.620. The maximum absolute atomic E-state index is 2.39. The van der Waals surface area contributed by atoms with E-state index in [-0.39, 0.29) is 0 Å². The predicted octanol–water partition coefficient (Wildman–Crippen LogP) is 4.17. The molecule has 1 fully saturated rings. The molecule has 0 N–H and O–H groups in total. The third kappa shape index (κ3) is 1.84. The highest BCUT2D eigenvalue weighted by Crippen LogP contribution is 2.44. The number of aryl methyl sites for hydroxylation is 1. The van der Waals surface area contributed by atoms with Crippen LogP contribution in [0, 0.1) is 6.92 Å². The SMILES string of the molecule is Cc1ccc(C(C)(C)C)c(C2CC2)c1.